The van der Waals surface area contributed by atoms with Crippen LogP contribution in [0.2, 0.25) is 0 Å². The predicted octanol–water partition coefficient (Wildman–Crippen LogP) is 2.76. The maximum Gasteiger partial charge on any atom is 0.409 e. The molecule has 1 aliphatic rings. The number of rotatable bonds is 7. The topological polar surface area (TPSA) is 55.6 Å². The molecule has 0 unspecified atom stereocenters. The van der Waals surface area contributed by atoms with E-state index in [1.807, 2.05) is 4.90 Å². The number of hydrogen-bond acceptors (Lipinski definition) is 3. The van der Waals surface area contributed by atoms with Gasteiger partial charge >= 0.3 is 6.09 Å². The van der Waals surface area contributed by atoms with E-state index in [2.05, 4.69) is 6.92 Å². The van der Waals surface area contributed by atoms with Gasteiger partial charge in [-0.3, -0.25) is 0 Å². The molecular weight excluding hydrogens is 228 g/mol. The first-order valence-corrected chi connectivity index (χ1v) is 7.39. The predicted molar refractivity (Wildman–Crippen MR) is 73.5 cm³/mol. The van der Waals surface area contributed by atoms with Gasteiger partial charge in [0.2, 0.25) is 0 Å². The average Bonchev–Trinajstić information content (AvgIpc) is 2.40. The molecule has 1 rings (SSSR count). The zero-order chi connectivity index (χ0) is 13.2. The Morgan fingerprint density at radius 3 is 2.61 bits per heavy atom. The minimum atomic E-state index is -0.121. The van der Waals surface area contributed by atoms with E-state index < -0.39 is 0 Å². The second kappa shape index (κ2) is 9.20. The van der Waals surface area contributed by atoms with Crippen molar-refractivity contribution in [3.05, 3.63) is 0 Å². The number of nitrogens with two attached hydrogens (primary N) is 1. The largest absolute Gasteiger partial charge is 0.449 e. The Balaban J connectivity index is 2.12. The highest BCUT2D eigenvalue weighted by Gasteiger charge is 2.23. The smallest absolute Gasteiger partial charge is 0.409 e. The minimum Gasteiger partial charge on any atom is -0.449 e. The number of carbonyl (C=O) groups excluding carboxylic acids is 1. The standard InChI is InChI=1S/C14H28N2O2/c1-2-3-12-18-14(17)16-10-7-13(8-11-16)6-4-5-9-15/h13H,2-12,15H2,1H3. The molecule has 0 atom stereocenters. The molecule has 0 saturated carbocycles. The first-order valence-electron chi connectivity index (χ1n) is 7.39. The third kappa shape index (κ3) is 5.71. The van der Waals surface area contributed by atoms with Crippen molar-refractivity contribution in [3.63, 3.8) is 0 Å². The summed E-state index contributed by atoms with van der Waals surface area (Å²) < 4.78 is 5.23. The Morgan fingerprint density at radius 2 is 2.00 bits per heavy atom. The molecule has 0 bridgehead atoms. The summed E-state index contributed by atoms with van der Waals surface area (Å²) in [6.45, 7) is 5.17. The number of likely N-dealkylation sites (tertiary alicyclic amines) is 1. The van der Waals surface area contributed by atoms with E-state index in [0.717, 1.165) is 57.7 Å². The molecule has 1 aliphatic heterocycles. The molecule has 4 nitrogen and oxygen atoms in total. The van der Waals surface area contributed by atoms with Crippen LogP contribution >= 0.6 is 0 Å². The van der Waals surface area contributed by atoms with Crippen molar-refractivity contribution in [2.75, 3.05) is 26.2 Å². The minimum absolute atomic E-state index is 0.121. The molecule has 0 spiro atoms. The van der Waals surface area contributed by atoms with E-state index in [1.54, 1.807) is 0 Å². The Hall–Kier alpha value is -0.770. The number of piperidine rings is 1. The van der Waals surface area contributed by atoms with Crippen molar-refractivity contribution in [1.29, 1.82) is 0 Å². The van der Waals surface area contributed by atoms with Gasteiger partial charge in [-0.25, -0.2) is 4.79 Å². The van der Waals surface area contributed by atoms with Crippen LogP contribution in [0.1, 0.15) is 51.9 Å². The molecule has 0 aromatic carbocycles. The van der Waals surface area contributed by atoms with E-state index in [1.165, 1.54) is 12.8 Å². The van der Waals surface area contributed by atoms with Crippen LogP contribution in [-0.2, 0) is 4.74 Å². The molecule has 106 valence electrons. The summed E-state index contributed by atoms with van der Waals surface area (Å²) >= 11 is 0. The normalized spacial score (nSPS) is 16.9. The molecule has 0 aliphatic carbocycles. The van der Waals surface area contributed by atoms with Crippen LogP contribution in [0.5, 0.6) is 0 Å². The van der Waals surface area contributed by atoms with Gasteiger partial charge < -0.3 is 15.4 Å². The molecule has 0 radical (unpaired) electrons. The Kier molecular flexibility index (Phi) is 7.81. The number of carbonyl (C=O) groups is 1. The quantitative estimate of drug-likeness (QED) is 0.713. The second-order valence-electron chi connectivity index (χ2n) is 5.18. The highest BCUT2D eigenvalue weighted by molar-refractivity contribution is 5.67. The van der Waals surface area contributed by atoms with Gasteiger partial charge in [-0.15, -0.1) is 0 Å². The van der Waals surface area contributed by atoms with E-state index >= 15 is 0 Å². The van der Waals surface area contributed by atoms with E-state index in [-0.39, 0.29) is 6.09 Å². The number of ether oxygens (including phenoxy) is 1. The van der Waals surface area contributed by atoms with Crippen molar-refractivity contribution in [2.24, 2.45) is 11.7 Å². The van der Waals surface area contributed by atoms with Crippen LogP contribution < -0.4 is 5.73 Å². The van der Waals surface area contributed by atoms with Gasteiger partial charge in [0.1, 0.15) is 0 Å². The highest BCUT2D eigenvalue weighted by atomic mass is 16.6. The van der Waals surface area contributed by atoms with Gasteiger partial charge in [0.25, 0.3) is 0 Å². The SMILES string of the molecule is CCCCOC(=O)N1CCC(CCCCN)CC1. The summed E-state index contributed by atoms with van der Waals surface area (Å²) in [5, 5.41) is 0. The monoisotopic (exact) mass is 256 g/mol. The van der Waals surface area contributed by atoms with Gasteiger partial charge in [0.05, 0.1) is 6.61 Å². The average molecular weight is 256 g/mol. The van der Waals surface area contributed by atoms with Crippen LogP contribution in [0.15, 0.2) is 0 Å². The summed E-state index contributed by atoms with van der Waals surface area (Å²) in [5.41, 5.74) is 5.49. The van der Waals surface area contributed by atoms with Crippen LogP contribution in [0.3, 0.4) is 0 Å². The molecule has 18 heavy (non-hydrogen) atoms. The highest BCUT2D eigenvalue weighted by Crippen LogP contribution is 2.22. The number of unbranched alkanes of at least 4 members (excludes halogenated alkanes) is 2. The van der Waals surface area contributed by atoms with Crippen molar-refractivity contribution in [3.8, 4) is 0 Å². The first-order chi connectivity index (χ1) is 8.77. The maximum absolute atomic E-state index is 11.7. The molecule has 4 heteroatoms. The van der Waals surface area contributed by atoms with Crippen LogP contribution in [0, 0.1) is 5.92 Å². The van der Waals surface area contributed by atoms with Crippen molar-refractivity contribution < 1.29 is 9.53 Å². The lowest BCUT2D eigenvalue weighted by molar-refractivity contribution is 0.0856. The molecule has 1 heterocycles. The number of hydrogen-bond donors (Lipinski definition) is 1. The molecule has 1 saturated heterocycles. The molecular formula is C14H28N2O2. The van der Waals surface area contributed by atoms with E-state index in [9.17, 15) is 4.79 Å². The van der Waals surface area contributed by atoms with Gasteiger partial charge in [-0.05, 0) is 38.1 Å². The van der Waals surface area contributed by atoms with Crippen LogP contribution in [0.25, 0.3) is 0 Å². The fraction of sp³-hybridized carbons (Fsp3) is 0.929. The van der Waals surface area contributed by atoms with Crippen molar-refractivity contribution in [1.82, 2.24) is 4.90 Å². The summed E-state index contributed by atoms with van der Waals surface area (Å²) in [4.78, 5) is 13.6. The summed E-state index contributed by atoms with van der Waals surface area (Å²) in [6, 6.07) is 0. The third-order valence-corrected chi connectivity index (χ3v) is 3.66. The molecule has 0 aromatic rings. The van der Waals surface area contributed by atoms with Gasteiger partial charge in [0, 0.05) is 13.1 Å². The van der Waals surface area contributed by atoms with Crippen LogP contribution in [-0.4, -0.2) is 37.2 Å². The van der Waals surface area contributed by atoms with Gasteiger partial charge in [0.15, 0.2) is 0 Å². The molecule has 1 fully saturated rings. The summed E-state index contributed by atoms with van der Waals surface area (Å²) in [5.74, 6) is 0.774. The maximum atomic E-state index is 11.7. The Bertz CT molecular complexity index is 226. The molecule has 0 aromatic heterocycles. The fourth-order valence-electron chi connectivity index (χ4n) is 2.38. The lowest BCUT2D eigenvalue weighted by Crippen LogP contribution is -2.38. The fourth-order valence-corrected chi connectivity index (χ4v) is 2.38. The molecule has 1 amide bonds. The lowest BCUT2D eigenvalue weighted by atomic mass is 9.92. The first kappa shape index (κ1) is 15.3. The summed E-state index contributed by atoms with van der Waals surface area (Å²) in [6.07, 6.45) is 7.75. The number of nitrogens with zero attached hydrogens (tertiary/aromatic N) is 1. The molecule has 2 N–H and O–H groups in total. The van der Waals surface area contributed by atoms with Gasteiger partial charge in [-0.2, -0.15) is 0 Å². The Labute approximate surface area is 111 Å². The zero-order valence-electron chi connectivity index (χ0n) is 11.7. The van der Waals surface area contributed by atoms with Gasteiger partial charge in [-0.1, -0.05) is 26.2 Å². The van der Waals surface area contributed by atoms with Crippen LogP contribution in [0.4, 0.5) is 4.79 Å². The van der Waals surface area contributed by atoms with Crippen molar-refractivity contribution >= 4 is 6.09 Å². The van der Waals surface area contributed by atoms with E-state index in [0.29, 0.717) is 6.61 Å². The summed E-state index contributed by atoms with van der Waals surface area (Å²) in [7, 11) is 0. The second-order valence-corrected chi connectivity index (χ2v) is 5.18. The zero-order valence-corrected chi connectivity index (χ0v) is 11.7. The Morgan fingerprint density at radius 1 is 1.28 bits per heavy atom. The van der Waals surface area contributed by atoms with E-state index in [4.69, 9.17) is 10.5 Å². The third-order valence-electron chi connectivity index (χ3n) is 3.66. The number of amides is 1. The lowest BCUT2D eigenvalue weighted by Gasteiger charge is -2.31. The van der Waals surface area contributed by atoms with Crippen molar-refractivity contribution in [2.45, 2.75) is 51.9 Å².